The van der Waals surface area contributed by atoms with Crippen LogP contribution in [0.5, 0.6) is 0 Å². The molecule has 0 spiro atoms. The molecule has 15 heavy (non-hydrogen) atoms. The fourth-order valence-corrected chi connectivity index (χ4v) is 1.68. The second-order valence-electron chi connectivity index (χ2n) is 3.01. The summed E-state index contributed by atoms with van der Waals surface area (Å²) in [7, 11) is 0. The SMILES string of the molecule is Clc1ccc(NCc2ncc[nH]2)c(Cl)c1. The van der Waals surface area contributed by atoms with Crippen LogP contribution in [0.4, 0.5) is 5.69 Å². The first-order valence-corrected chi connectivity index (χ1v) is 5.18. The summed E-state index contributed by atoms with van der Waals surface area (Å²) in [6.45, 7) is 0.606. The molecule has 1 aromatic heterocycles. The van der Waals surface area contributed by atoms with E-state index in [1.807, 2.05) is 6.07 Å². The Bertz CT molecular complexity index is 440. The van der Waals surface area contributed by atoms with E-state index >= 15 is 0 Å². The quantitative estimate of drug-likeness (QED) is 0.866. The number of nitrogens with one attached hydrogen (secondary N) is 2. The van der Waals surface area contributed by atoms with Crippen LogP contribution >= 0.6 is 23.2 Å². The second kappa shape index (κ2) is 4.55. The Balaban J connectivity index is 2.05. The lowest BCUT2D eigenvalue weighted by Crippen LogP contribution is -2.01. The normalized spacial score (nSPS) is 10.3. The van der Waals surface area contributed by atoms with E-state index in [0.29, 0.717) is 16.6 Å². The molecule has 0 unspecified atom stereocenters. The number of imidazole rings is 1. The highest BCUT2D eigenvalue weighted by Gasteiger charge is 2.01. The Kier molecular flexibility index (Phi) is 3.14. The van der Waals surface area contributed by atoms with Gasteiger partial charge in [-0.15, -0.1) is 0 Å². The van der Waals surface area contributed by atoms with Crippen molar-refractivity contribution in [1.29, 1.82) is 0 Å². The van der Waals surface area contributed by atoms with Crippen molar-refractivity contribution in [3.63, 3.8) is 0 Å². The lowest BCUT2D eigenvalue weighted by atomic mass is 10.3. The van der Waals surface area contributed by atoms with Crippen molar-refractivity contribution in [2.24, 2.45) is 0 Å². The van der Waals surface area contributed by atoms with E-state index in [1.54, 1.807) is 24.5 Å². The lowest BCUT2D eigenvalue weighted by Gasteiger charge is -2.06. The van der Waals surface area contributed by atoms with Gasteiger partial charge in [-0.25, -0.2) is 4.98 Å². The number of hydrogen-bond acceptors (Lipinski definition) is 2. The predicted octanol–water partition coefficient (Wildman–Crippen LogP) is 3.33. The smallest absolute Gasteiger partial charge is 0.125 e. The van der Waals surface area contributed by atoms with Crippen molar-refractivity contribution in [1.82, 2.24) is 9.97 Å². The van der Waals surface area contributed by atoms with Crippen molar-refractivity contribution in [3.8, 4) is 0 Å². The molecule has 1 aromatic carbocycles. The zero-order valence-corrected chi connectivity index (χ0v) is 9.31. The Morgan fingerprint density at radius 3 is 2.87 bits per heavy atom. The average molecular weight is 242 g/mol. The number of aromatic amines is 1. The van der Waals surface area contributed by atoms with Crippen LogP contribution in [-0.4, -0.2) is 9.97 Å². The van der Waals surface area contributed by atoms with Crippen LogP contribution < -0.4 is 5.32 Å². The molecular formula is C10H9Cl2N3. The van der Waals surface area contributed by atoms with E-state index in [4.69, 9.17) is 23.2 Å². The standard InChI is InChI=1S/C10H9Cl2N3/c11-7-1-2-9(8(12)5-7)15-6-10-13-3-4-14-10/h1-5,15H,6H2,(H,13,14). The zero-order chi connectivity index (χ0) is 10.7. The number of hydrogen-bond donors (Lipinski definition) is 2. The van der Waals surface area contributed by atoms with Gasteiger partial charge in [-0.3, -0.25) is 0 Å². The van der Waals surface area contributed by atoms with Crippen molar-refractivity contribution >= 4 is 28.9 Å². The lowest BCUT2D eigenvalue weighted by molar-refractivity contribution is 1.00. The molecule has 2 aromatic rings. The molecule has 0 saturated heterocycles. The molecule has 0 saturated carbocycles. The van der Waals surface area contributed by atoms with E-state index in [-0.39, 0.29) is 0 Å². The van der Waals surface area contributed by atoms with Gasteiger partial charge in [0.25, 0.3) is 0 Å². The number of aromatic nitrogens is 2. The Morgan fingerprint density at radius 2 is 2.20 bits per heavy atom. The molecular weight excluding hydrogens is 233 g/mol. The molecule has 1 heterocycles. The van der Waals surface area contributed by atoms with Gasteiger partial charge in [0.1, 0.15) is 5.82 Å². The molecule has 78 valence electrons. The van der Waals surface area contributed by atoms with Gasteiger partial charge in [0, 0.05) is 17.4 Å². The van der Waals surface area contributed by atoms with Crippen LogP contribution in [0, 0.1) is 0 Å². The Hall–Kier alpha value is -1.19. The van der Waals surface area contributed by atoms with Crippen molar-refractivity contribution < 1.29 is 0 Å². The molecule has 5 heteroatoms. The topological polar surface area (TPSA) is 40.7 Å². The Labute approximate surface area is 97.4 Å². The number of rotatable bonds is 3. The number of H-pyrrole nitrogens is 1. The summed E-state index contributed by atoms with van der Waals surface area (Å²) in [4.78, 5) is 7.09. The summed E-state index contributed by atoms with van der Waals surface area (Å²) in [5.41, 5.74) is 0.845. The molecule has 3 nitrogen and oxygen atoms in total. The van der Waals surface area contributed by atoms with Gasteiger partial charge in [0.05, 0.1) is 17.3 Å². The predicted molar refractivity (Wildman–Crippen MR) is 62.4 cm³/mol. The number of halogens is 2. The van der Waals surface area contributed by atoms with Gasteiger partial charge >= 0.3 is 0 Å². The minimum atomic E-state index is 0.606. The third-order valence-corrected chi connectivity index (χ3v) is 2.48. The fraction of sp³-hybridized carbons (Fsp3) is 0.100. The summed E-state index contributed by atoms with van der Waals surface area (Å²) < 4.78 is 0. The average Bonchev–Trinajstić information content (AvgIpc) is 2.69. The van der Waals surface area contributed by atoms with E-state index in [2.05, 4.69) is 15.3 Å². The molecule has 0 atom stereocenters. The van der Waals surface area contributed by atoms with Gasteiger partial charge in [0.2, 0.25) is 0 Å². The minimum Gasteiger partial charge on any atom is -0.377 e. The fourth-order valence-electron chi connectivity index (χ4n) is 1.21. The van der Waals surface area contributed by atoms with Gasteiger partial charge < -0.3 is 10.3 Å². The van der Waals surface area contributed by atoms with Crippen LogP contribution in [-0.2, 0) is 6.54 Å². The molecule has 0 radical (unpaired) electrons. The monoisotopic (exact) mass is 241 g/mol. The number of benzene rings is 1. The van der Waals surface area contributed by atoms with Crippen molar-refractivity contribution in [3.05, 3.63) is 46.5 Å². The van der Waals surface area contributed by atoms with Crippen LogP contribution in [0.25, 0.3) is 0 Å². The van der Waals surface area contributed by atoms with E-state index in [0.717, 1.165) is 11.5 Å². The molecule has 0 amide bonds. The van der Waals surface area contributed by atoms with E-state index < -0.39 is 0 Å². The maximum atomic E-state index is 5.99. The molecule has 0 fully saturated rings. The van der Waals surface area contributed by atoms with E-state index in [1.165, 1.54) is 0 Å². The summed E-state index contributed by atoms with van der Waals surface area (Å²) >= 11 is 11.8. The number of anilines is 1. The zero-order valence-electron chi connectivity index (χ0n) is 7.80. The largest absolute Gasteiger partial charge is 0.377 e. The first-order valence-electron chi connectivity index (χ1n) is 4.43. The molecule has 0 aliphatic carbocycles. The summed E-state index contributed by atoms with van der Waals surface area (Å²) in [6.07, 6.45) is 3.49. The van der Waals surface area contributed by atoms with Crippen LogP contribution in [0.2, 0.25) is 10.0 Å². The van der Waals surface area contributed by atoms with Crippen molar-refractivity contribution in [2.45, 2.75) is 6.54 Å². The van der Waals surface area contributed by atoms with Gasteiger partial charge in [-0.1, -0.05) is 23.2 Å². The maximum Gasteiger partial charge on any atom is 0.125 e. The highest BCUT2D eigenvalue weighted by molar-refractivity contribution is 6.36. The van der Waals surface area contributed by atoms with Crippen LogP contribution in [0.15, 0.2) is 30.6 Å². The number of nitrogens with zero attached hydrogens (tertiary/aromatic N) is 1. The first kappa shape index (κ1) is 10.3. The van der Waals surface area contributed by atoms with Gasteiger partial charge in [-0.2, -0.15) is 0 Å². The molecule has 0 aliphatic rings. The van der Waals surface area contributed by atoms with E-state index in [9.17, 15) is 0 Å². The highest BCUT2D eigenvalue weighted by atomic mass is 35.5. The maximum absolute atomic E-state index is 5.99. The highest BCUT2D eigenvalue weighted by Crippen LogP contribution is 2.25. The third kappa shape index (κ3) is 2.64. The minimum absolute atomic E-state index is 0.606. The molecule has 0 aliphatic heterocycles. The molecule has 2 N–H and O–H groups in total. The van der Waals surface area contributed by atoms with Crippen LogP contribution in [0.3, 0.4) is 0 Å². The summed E-state index contributed by atoms with van der Waals surface area (Å²) in [5, 5.41) is 4.39. The first-order chi connectivity index (χ1) is 7.25. The third-order valence-electron chi connectivity index (χ3n) is 1.93. The van der Waals surface area contributed by atoms with Gasteiger partial charge in [-0.05, 0) is 18.2 Å². The second-order valence-corrected chi connectivity index (χ2v) is 3.86. The molecule has 2 rings (SSSR count). The molecule has 0 bridgehead atoms. The van der Waals surface area contributed by atoms with Crippen LogP contribution in [0.1, 0.15) is 5.82 Å². The Morgan fingerprint density at radius 1 is 1.33 bits per heavy atom. The summed E-state index contributed by atoms with van der Waals surface area (Å²) in [6, 6.07) is 5.33. The van der Waals surface area contributed by atoms with Gasteiger partial charge in [0.15, 0.2) is 0 Å². The van der Waals surface area contributed by atoms with Crippen molar-refractivity contribution in [2.75, 3.05) is 5.32 Å². The summed E-state index contributed by atoms with van der Waals surface area (Å²) in [5.74, 6) is 0.862.